The number of pyridine rings is 1. The molecule has 2 atom stereocenters. The van der Waals surface area contributed by atoms with Crippen molar-refractivity contribution >= 4 is 23.5 Å². The summed E-state index contributed by atoms with van der Waals surface area (Å²) in [6.07, 6.45) is 1.81. The molecule has 0 spiro atoms. The van der Waals surface area contributed by atoms with E-state index in [-0.39, 0.29) is 18.2 Å². The Labute approximate surface area is 171 Å². The fourth-order valence-electron chi connectivity index (χ4n) is 4.19. The summed E-state index contributed by atoms with van der Waals surface area (Å²) in [6, 6.07) is 6.39. The van der Waals surface area contributed by atoms with Crippen LogP contribution in [0.5, 0.6) is 0 Å². The SMILES string of the molecule is Cc1cc(Nc2cc(C)[nH]n2)nc(N2CC3CCC(C2)N3C(=O)OC(C)(C)C)c1. The highest BCUT2D eigenvalue weighted by Gasteiger charge is 2.44. The topological polar surface area (TPSA) is 86.4 Å². The number of anilines is 3. The summed E-state index contributed by atoms with van der Waals surface area (Å²) < 4.78 is 5.64. The first-order valence-electron chi connectivity index (χ1n) is 10.2. The van der Waals surface area contributed by atoms with E-state index in [1.165, 1.54) is 0 Å². The molecule has 2 unspecified atom stereocenters. The zero-order chi connectivity index (χ0) is 20.8. The van der Waals surface area contributed by atoms with Gasteiger partial charge in [-0.15, -0.1) is 0 Å². The maximum absolute atomic E-state index is 12.7. The minimum atomic E-state index is -0.475. The van der Waals surface area contributed by atoms with Gasteiger partial charge in [0.05, 0.1) is 12.1 Å². The number of H-pyrrole nitrogens is 1. The molecule has 2 aromatic heterocycles. The largest absolute Gasteiger partial charge is 0.444 e. The fraction of sp³-hybridized carbons (Fsp3) is 0.571. The quantitative estimate of drug-likeness (QED) is 0.819. The van der Waals surface area contributed by atoms with Crippen LogP contribution in [0.3, 0.4) is 0 Å². The monoisotopic (exact) mass is 398 g/mol. The molecule has 0 saturated carbocycles. The number of nitrogens with zero attached hydrogens (tertiary/aromatic N) is 4. The van der Waals surface area contributed by atoms with Gasteiger partial charge in [0.15, 0.2) is 5.82 Å². The number of aromatic nitrogens is 3. The predicted molar refractivity (Wildman–Crippen MR) is 113 cm³/mol. The number of rotatable bonds is 3. The van der Waals surface area contributed by atoms with Gasteiger partial charge in [-0.05, 0) is 65.2 Å². The van der Waals surface area contributed by atoms with Crippen LogP contribution in [0.4, 0.5) is 22.2 Å². The molecule has 2 fully saturated rings. The molecule has 4 rings (SSSR count). The van der Waals surface area contributed by atoms with Gasteiger partial charge in [0.25, 0.3) is 0 Å². The molecule has 0 radical (unpaired) electrons. The Kier molecular flexibility index (Phi) is 4.88. The van der Waals surface area contributed by atoms with E-state index in [0.717, 1.165) is 54.6 Å². The van der Waals surface area contributed by atoms with Crippen molar-refractivity contribution in [1.29, 1.82) is 0 Å². The van der Waals surface area contributed by atoms with Crippen LogP contribution in [-0.4, -0.2) is 56.9 Å². The first-order chi connectivity index (χ1) is 13.7. The summed E-state index contributed by atoms with van der Waals surface area (Å²) in [6.45, 7) is 11.3. The van der Waals surface area contributed by atoms with Crippen molar-refractivity contribution in [2.45, 2.75) is 65.1 Å². The lowest BCUT2D eigenvalue weighted by atomic mass is 10.1. The molecule has 2 aliphatic rings. The fourth-order valence-corrected chi connectivity index (χ4v) is 4.19. The summed E-state index contributed by atoms with van der Waals surface area (Å²) in [5, 5.41) is 10.4. The Bertz CT molecular complexity index is 889. The third-order valence-electron chi connectivity index (χ3n) is 5.33. The molecule has 2 aliphatic heterocycles. The molecular weight excluding hydrogens is 368 g/mol. The molecule has 0 aliphatic carbocycles. The van der Waals surface area contributed by atoms with Crippen molar-refractivity contribution in [3.8, 4) is 0 Å². The number of carbonyl (C=O) groups excluding carboxylic acids is 1. The van der Waals surface area contributed by atoms with Crippen molar-refractivity contribution in [1.82, 2.24) is 20.1 Å². The predicted octanol–water partition coefficient (Wildman–Crippen LogP) is 3.75. The summed E-state index contributed by atoms with van der Waals surface area (Å²) in [4.78, 5) is 21.7. The second-order valence-corrected chi connectivity index (χ2v) is 9.13. The van der Waals surface area contributed by atoms with E-state index in [4.69, 9.17) is 9.72 Å². The highest BCUT2D eigenvalue weighted by Crippen LogP contribution is 2.34. The Hall–Kier alpha value is -2.77. The lowest BCUT2D eigenvalue weighted by Gasteiger charge is -2.41. The highest BCUT2D eigenvalue weighted by molar-refractivity contribution is 5.70. The molecule has 0 aromatic carbocycles. The Morgan fingerprint density at radius 2 is 1.83 bits per heavy atom. The third kappa shape index (κ3) is 4.31. The number of amides is 1. The summed E-state index contributed by atoms with van der Waals surface area (Å²) in [5.74, 6) is 2.45. The van der Waals surface area contributed by atoms with Crippen LogP contribution in [0.1, 0.15) is 44.9 Å². The normalized spacial score (nSPS) is 21.4. The zero-order valence-electron chi connectivity index (χ0n) is 17.8. The van der Waals surface area contributed by atoms with E-state index in [0.29, 0.717) is 0 Å². The van der Waals surface area contributed by atoms with Gasteiger partial charge in [0, 0.05) is 24.8 Å². The van der Waals surface area contributed by atoms with Gasteiger partial charge in [-0.1, -0.05) is 0 Å². The Morgan fingerprint density at radius 1 is 1.14 bits per heavy atom. The number of aromatic amines is 1. The van der Waals surface area contributed by atoms with E-state index in [1.54, 1.807) is 0 Å². The molecule has 2 bridgehead atoms. The van der Waals surface area contributed by atoms with Crippen LogP contribution < -0.4 is 10.2 Å². The van der Waals surface area contributed by atoms with Gasteiger partial charge in [-0.3, -0.25) is 10.00 Å². The van der Waals surface area contributed by atoms with Crippen LogP contribution in [0.15, 0.2) is 18.2 Å². The van der Waals surface area contributed by atoms with E-state index in [2.05, 4.69) is 33.4 Å². The van der Waals surface area contributed by atoms with Crippen molar-refractivity contribution < 1.29 is 9.53 Å². The number of hydrogen-bond donors (Lipinski definition) is 2. The molecular formula is C21H30N6O2. The molecule has 2 N–H and O–H groups in total. The molecule has 4 heterocycles. The summed E-state index contributed by atoms with van der Waals surface area (Å²) >= 11 is 0. The van der Waals surface area contributed by atoms with Crippen LogP contribution >= 0.6 is 0 Å². The first kappa shape index (κ1) is 19.5. The van der Waals surface area contributed by atoms with E-state index >= 15 is 0 Å². The van der Waals surface area contributed by atoms with E-state index in [1.807, 2.05) is 44.7 Å². The summed E-state index contributed by atoms with van der Waals surface area (Å²) in [5.41, 5.74) is 1.65. The smallest absolute Gasteiger partial charge is 0.410 e. The van der Waals surface area contributed by atoms with Gasteiger partial charge in [-0.25, -0.2) is 9.78 Å². The molecule has 2 aromatic rings. The highest BCUT2D eigenvalue weighted by atomic mass is 16.6. The lowest BCUT2D eigenvalue weighted by Crippen LogP contribution is -2.57. The van der Waals surface area contributed by atoms with Gasteiger partial charge >= 0.3 is 6.09 Å². The molecule has 8 nitrogen and oxygen atoms in total. The van der Waals surface area contributed by atoms with Gasteiger partial charge in [-0.2, -0.15) is 5.10 Å². The molecule has 1 amide bonds. The van der Waals surface area contributed by atoms with Crippen molar-refractivity contribution in [3.05, 3.63) is 29.5 Å². The number of nitrogens with one attached hydrogen (secondary N) is 2. The molecule has 2 saturated heterocycles. The second kappa shape index (κ2) is 7.24. The average molecular weight is 399 g/mol. The summed E-state index contributed by atoms with van der Waals surface area (Å²) in [7, 11) is 0. The van der Waals surface area contributed by atoms with Gasteiger partial charge < -0.3 is 15.0 Å². The van der Waals surface area contributed by atoms with Gasteiger partial charge in [0.2, 0.25) is 0 Å². The third-order valence-corrected chi connectivity index (χ3v) is 5.33. The average Bonchev–Trinajstić information content (AvgIpc) is 3.13. The molecule has 156 valence electrons. The lowest BCUT2D eigenvalue weighted by molar-refractivity contribution is 0.0122. The van der Waals surface area contributed by atoms with Crippen LogP contribution in [0.2, 0.25) is 0 Å². The van der Waals surface area contributed by atoms with Crippen LogP contribution in [0, 0.1) is 13.8 Å². The number of fused-ring (bicyclic) bond motifs is 2. The maximum Gasteiger partial charge on any atom is 0.410 e. The maximum atomic E-state index is 12.7. The number of hydrogen-bond acceptors (Lipinski definition) is 6. The number of aryl methyl sites for hydroxylation is 2. The first-order valence-corrected chi connectivity index (χ1v) is 10.2. The minimum absolute atomic E-state index is 0.163. The number of piperazine rings is 1. The Morgan fingerprint density at radius 3 is 2.41 bits per heavy atom. The van der Waals surface area contributed by atoms with Crippen molar-refractivity contribution in [2.24, 2.45) is 0 Å². The second-order valence-electron chi connectivity index (χ2n) is 9.13. The molecule has 29 heavy (non-hydrogen) atoms. The van der Waals surface area contributed by atoms with Crippen molar-refractivity contribution in [3.63, 3.8) is 0 Å². The number of carbonyl (C=O) groups is 1. The standard InChI is InChI=1S/C21H30N6O2/c1-13-8-17(22-18-10-14(2)24-25-18)23-19(9-13)26-11-15-6-7-16(12-26)27(15)20(28)29-21(3,4)5/h8-10,15-16H,6-7,11-12H2,1-5H3,(H2,22,23,24,25). The van der Waals surface area contributed by atoms with Crippen LogP contribution in [0.25, 0.3) is 0 Å². The molecule has 8 heteroatoms. The Balaban J connectivity index is 1.50. The van der Waals surface area contributed by atoms with Crippen molar-refractivity contribution in [2.75, 3.05) is 23.3 Å². The number of ether oxygens (including phenoxy) is 1. The van der Waals surface area contributed by atoms with Gasteiger partial charge in [0.1, 0.15) is 17.2 Å². The zero-order valence-corrected chi connectivity index (χ0v) is 17.8. The van der Waals surface area contributed by atoms with Crippen LogP contribution in [-0.2, 0) is 4.74 Å². The minimum Gasteiger partial charge on any atom is -0.444 e. The van der Waals surface area contributed by atoms with E-state index in [9.17, 15) is 4.79 Å². The van der Waals surface area contributed by atoms with E-state index < -0.39 is 5.60 Å².